The molecule has 8 nitrogen and oxygen atoms in total. The minimum Gasteiger partial charge on any atom is -0.477 e. The summed E-state index contributed by atoms with van der Waals surface area (Å²) in [5, 5.41) is 20.7. The summed E-state index contributed by atoms with van der Waals surface area (Å²) < 4.78 is 1.54. The zero-order chi connectivity index (χ0) is 14.3. The zero-order valence-corrected chi connectivity index (χ0v) is 12.1. The van der Waals surface area contributed by atoms with Crippen molar-refractivity contribution < 1.29 is 14.7 Å². The van der Waals surface area contributed by atoms with Gasteiger partial charge in [0.1, 0.15) is 5.70 Å². The summed E-state index contributed by atoms with van der Waals surface area (Å²) >= 11 is 2.99. The van der Waals surface area contributed by atoms with Crippen molar-refractivity contribution in [3.05, 3.63) is 11.8 Å². The molecule has 2 aliphatic rings. The van der Waals surface area contributed by atoms with Crippen LogP contribution in [0.25, 0.3) is 0 Å². The van der Waals surface area contributed by atoms with E-state index in [9.17, 15) is 9.59 Å². The first-order chi connectivity index (χ1) is 9.59. The molecule has 1 unspecified atom stereocenters. The molecular weight excluding hydrogens is 302 g/mol. The molecule has 2 aliphatic heterocycles. The van der Waals surface area contributed by atoms with Crippen molar-refractivity contribution in [1.82, 2.24) is 25.1 Å². The van der Waals surface area contributed by atoms with Gasteiger partial charge >= 0.3 is 5.97 Å². The van der Waals surface area contributed by atoms with Gasteiger partial charge < -0.3 is 5.11 Å². The Hall–Kier alpha value is -1.55. The molecule has 0 aromatic carbocycles. The largest absolute Gasteiger partial charge is 0.477 e. The Kier molecular flexibility index (Phi) is 3.42. The minimum absolute atomic E-state index is 0.0905. The van der Waals surface area contributed by atoms with Crippen LogP contribution in [0.5, 0.6) is 0 Å². The molecule has 20 heavy (non-hydrogen) atoms. The average molecular weight is 313 g/mol. The second kappa shape index (κ2) is 5.09. The van der Waals surface area contributed by atoms with Crippen molar-refractivity contribution in [2.75, 3.05) is 11.5 Å². The lowest BCUT2D eigenvalue weighted by Gasteiger charge is -2.48. The Labute approximate surface area is 122 Å². The number of hydrogen-bond acceptors (Lipinski definition) is 7. The fourth-order valence-corrected chi connectivity index (χ4v) is 4.50. The van der Waals surface area contributed by atoms with Crippen molar-refractivity contribution in [1.29, 1.82) is 0 Å². The van der Waals surface area contributed by atoms with E-state index in [-0.39, 0.29) is 22.9 Å². The first-order valence-electron chi connectivity index (χ1n) is 5.83. The summed E-state index contributed by atoms with van der Waals surface area (Å²) in [5.41, 5.74) is 0.0975. The van der Waals surface area contributed by atoms with E-state index in [4.69, 9.17) is 5.11 Å². The van der Waals surface area contributed by atoms with E-state index in [1.54, 1.807) is 29.6 Å². The molecule has 1 fully saturated rings. The molecule has 1 saturated heterocycles. The number of carboxylic acid groups (broad SMARTS) is 1. The second-order valence-corrected chi connectivity index (χ2v) is 6.47. The van der Waals surface area contributed by atoms with E-state index in [1.807, 2.05) is 0 Å². The first-order valence-corrected chi connectivity index (χ1v) is 7.86. The van der Waals surface area contributed by atoms with Crippen LogP contribution in [0.1, 0.15) is 0 Å². The maximum atomic E-state index is 12.1. The van der Waals surface area contributed by atoms with Crippen molar-refractivity contribution in [2.45, 2.75) is 10.5 Å². The van der Waals surface area contributed by atoms with Gasteiger partial charge in [0.05, 0.1) is 11.3 Å². The molecule has 10 heteroatoms. The normalized spacial score (nSPS) is 24.9. The number of hydrogen-bond donors (Lipinski definition) is 1. The third-order valence-corrected chi connectivity index (χ3v) is 5.52. The van der Waals surface area contributed by atoms with Crippen molar-refractivity contribution in [3.8, 4) is 0 Å². The topological polar surface area (TPSA) is 101 Å². The quantitative estimate of drug-likeness (QED) is 0.602. The molecule has 106 valence electrons. The molecule has 1 aromatic heterocycles. The third-order valence-electron chi connectivity index (χ3n) is 3.15. The molecule has 0 aliphatic carbocycles. The lowest BCUT2D eigenvalue weighted by atomic mass is 9.99. The fraction of sp³-hybridized carbons (Fsp3) is 0.500. The molecule has 2 atom stereocenters. The molecule has 1 N–H and O–H groups in total. The SMILES string of the molecule is Cn1nnnc1SCC1C(=O)N2C(C(=O)O)=CCS[C@@H]12. The highest BCUT2D eigenvalue weighted by Crippen LogP contribution is 2.43. The highest BCUT2D eigenvalue weighted by Gasteiger charge is 2.51. The van der Waals surface area contributed by atoms with Crippen LogP contribution < -0.4 is 0 Å². The van der Waals surface area contributed by atoms with Gasteiger partial charge in [-0.25, -0.2) is 9.48 Å². The maximum absolute atomic E-state index is 12.1. The minimum atomic E-state index is -1.05. The first kappa shape index (κ1) is 13.4. The molecule has 1 amide bonds. The van der Waals surface area contributed by atoms with Gasteiger partial charge in [-0.1, -0.05) is 11.8 Å². The standard InChI is InChI=1S/C10H11N5O3S2/c1-14-10(11-12-13-14)20-4-5-7(16)15-6(9(17)18)2-3-19-8(5)15/h2,5,8H,3-4H2,1H3,(H,17,18)/t5?,8-/m0/s1. The van der Waals surface area contributed by atoms with Crippen LogP contribution in [0, 0.1) is 5.92 Å². The van der Waals surface area contributed by atoms with Gasteiger partial charge in [0.25, 0.3) is 0 Å². The van der Waals surface area contributed by atoms with Crippen molar-refractivity contribution in [3.63, 3.8) is 0 Å². The third kappa shape index (κ3) is 2.08. The predicted molar refractivity (Wildman–Crippen MR) is 71.8 cm³/mol. The van der Waals surface area contributed by atoms with Gasteiger partial charge in [0, 0.05) is 18.6 Å². The Morgan fingerprint density at radius 3 is 3.10 bits per heavy atom. The number of amides is 1. The Morgan fingerprint density at radius 2 is 2.45 bits per heavy atom. The summed E-state index contributed by atoms with van der Waals surface area (Å²) in [6.07, 6.45) is 1.58. The van der Waals surface area contributed by atoms with Gasteiger partial charge in [0.2, 0.25) is 11.1 Å². The molecular formula is C10H11N5O3S2. The van der Waals surface area contributed by atoms with Crippen LogP contribution in [-0.2, 0) is 16.6 Å². The molecule has 0 saturated carbocycles. The van der Waals surface area contributed by atoms with E-state index in [2.05, 4.69) is 15.5 Å². The molecule has 0 bridgehead atoms. The summed E-state index contributed by atoms with van der Waals surface area (Å²) in [4.78, 5) is 24.5. The lowest BCUT2D eigenvalue weighted by molar-refractivity contribution is -0.151. The zero-order valence-electron chi connectivity index (χ0n) is 10.5. The van der Waals surface area contributed by atoms with Gasteiger partial charge in [-0.05, 0) is 16.5 Å². The number of β-lactam (4-membered cyclic amide) rings is 1. The predicted octanol–water partition coefficient (Wildman–Crippen LogP) is -0.198. The number of carboxylic acids is 1. The highest BCUT2D eigenvalue weighted by atomic mass is 32.2. The van der Waals surface area contributed by atoms with Crippen LogP contribution in [0.15, 0.2) is 16.9 Å². The second-order valence-electron chi connectivity index (χ2n) is 4.33. The van der Waals surface area contributed by atoms with Crippen LogP contribution in [0.3, 0.4) is 0 Å². The number of nitrogens with zero attached hydrogens (tertiary/aromatic N) is 5. The van der Waals surface area contributed by atoms with Gasteiger partial charge in [-0.3, -0.25) is 9.69 Å². The van der Waals surface area contributed by atoms with E-state index >= 15 is 0 Å². The summed E-state index contributed by atoms with van der Waals surface area (Å²) in [6, 6.07) is 0. The molecule has 3 heterocycles. The smallest absolute Gasteiger partial charge is 0.352 e. The summed E-state index contributed by atoms with van der Waals surface area (Å²) in [6.45, 7) is 0. The average Bonchev–Trinajstić information content (AvgIpc) is 2.83. The number of rotatable bonds is 4. The molecule has 3 rings (SSSR count). The van der Waals surface area contributed by atoms with Crippen LogP contribution in [-0.4, -0.2) is 59.0 Å². The van der Waals surface area contributed by atoms with E-state index in [0.29, 0.717) is 16.7 Å². The number of tetrazole rings is 1. The van der Waals surface area contributed by atoms with Crippen LogP contribution in [0.2, 0.25) is 0 Å². The van der Waals surface area contributed by atoms with Gasteiger partial charge in [-0.2, -0.15) is 0 Å². The number of carbonyl (C=O) groups excluding carboxylic acids is 1. The van der Waals surface area contributed by atoms with Crippen molar-refractivity contribution >= 4 is 35.4 Å². The number of aromatic nitrogens is 4. The lowest BCUT2D eigenvalue weighted by Crippen LogP contribution is -2.61. The number of thioether (sulfide) groups is 2. The van der Waals surface area contributed by atoms with Gasteiger partial charge in [-0.15, -0.1) is 16.9 Å². The Bertz CT molecular complexity index is 601. The maximum Gasteiger partial charge on any atom is 0.352 e. The molecule has 1 aromatic rings. The van der Waals surface area contributed by atoms with E-state index in [1.165, 1.54) is 16.7 Å². The fourth-order valence-electron chi connectivity index (χ4n) is 2.15. The van der Waals surface area contributed by atoms with Crippen molar-refractivity contribution in [2.24, 2.45) is 13.0 Å². The van der Waals surface area contributed by atoms with E-state index < -0.39 is 5.97 Å². The Morgan fingerprint density at radius 1 is 1.65 bits per heavy atom. The van der Waals surface area contributed by atoms with Crippen LogP contribution >= 0.6 is 23.5 Å². The Balaban J connectivity index is 1.67. The highest BCUT2D eigenvalue weighted by molar-refractivity contribution is 8.00. The number of aliphatic carboxylic acids is 1. The van der Waals surface area contributed by atoms with Crippen LogP contribution in [0.4, 0.5) is 0 Å². The number of fused-ring (bicyclic) bond motifs is 1. The molecule has 0 spiro atoms. The monoisotopic (exact) mass is 313 g/mol. The summed E-state index contributed by atoms with van der Waals surface area (Å²) in [5.74, 6) is -0.216. The molecule has 0 radical (unpaired) electrons. The van der Waals surface area contributed by atoms with E-state index in [0.717, 1.165) is 0 Å². The van der Waals surface area contributed by atoms with Gasteiger partial charge in [0.15, 0.2) is 0 Å². The number of aryl methyl sites for hydroxylation is 1. The summed E-state index contributed by atoms with van der Waals surface area (Å²) in [7, 11) is 1.73. The number of carbonyl (C=O) groups is 2.